The molecule has 8 heteroatoms. The Morgan fingerprint density at radius 3 is 2.92 bits per heavy atom. The number of carbonyl (C=O) groups is 1. The van der Waals surface area contributed by atoms with Gasteiger partial charge in [0, 0.05) is 12.3 Å². The summed E-state index contributed by atoms with van der Waals surface area (Å²) >= 11 is 3.19. The quantitative estimate of drug-likeness (QED) is 0.638. The van der Waals surface area contributed by atoms with Crippen molar-refractivity contribution in [3.05, 3.63) is 58.2 Å². The zero-order valence-corrected chi connectivity index (χ0v) is 15.6. The molecule has 4 rings (SSSR count). The van der Waals surface area contributed by atoms with Gasteiger partial charge in [-0.15, -0.1) is 0 Å². The fourth-order valence-corrected chi connectivity index (χ4v) is 4.49. The van der Waals surface area contributed by atoms with Crippen LogP contribution in [0.15, 0.2) is 45.9 Å². The first kappa shape index (κ1) is 16.4. The number of para-hydroxylation sites is 1. The number of hydrogen-bond acceptors (Lipinski definition) is 3. The molecular formula is C17H13BrFN3O2S. The Balaban J connectivity index is 1.83. The molecule has 1 atom stereocenters. The standard InChI is InChI=1S/C17H13BrFN3O2S/c1-10-14(21-7-11(18)12(19)6-16(21)20-10)8-22-13-4-2-3-5-15(13)25(24)9-17(22)23/h2-7H,8-9H2,1H3. The lowest BCUT2D eigenvalue weighted by atomic mass is 10.2. The van der Waals surface area contributed by atoms with Crippen molar-refractivity contribution < 1.29 is 13.4 Å². The Morgan fingerprint density at radius 2 is 2.12 bits per heavy atom. The summed E-state index contributed by atoms with van der Waals surface area (Å²) in [5.74, 6) is -0.628. The Bertz CT molecular complexity index is 1050. The Kier molecular flexibility index (Phi) is 3.96. The van der Waals surface area contributed by atoms with Crippen LogP contribution in [0.2, 0.25) is 0 Å². The summed E-state index contributed by atoms with van der Waals surface area (Å²) < 4.78 is 28.0. The molecule has 2 aromatic heterocycles. The minimum absolute atomic E-state index is 0.0366. The minimum atomic E-state index is -1.32. The maximum Gasteiger partial charge on any atom is 0.240 e. The van der Waals surface area contributed by atoms with Gasteiger partial charge in [-0.25, -0.2) is 9.37 Å². The number of pyridine rings is 1. The van der Waals surface area contributed by atoms with Crippen molar-refractivity contribution in [1.82, 2.24) is 9.38 Å². The first-order chi connectivity index (χ1) is 12.0. The molecule has 1 unspecified atom stereocenters. The van der Waals surface area contributed by atoms with Crippen molar-refractivity contribution in [3.63, 3.8) is 0 Å². The molecule has 0 saturated heterocycles. The molecule has 1 amide bonds. The first-order valence-corrected chi connectivity index (χ1v) is 9.67. The number of aryl methyl sites for hydroxylation is 1. The highest BCUT2D eigenvalue weighted by atomic mass is 79.9. The predicted octanol–water partition coefficient (Wildman–Crippen LogP) is 3.20. The number of halogens is 2. The van der Waals surface area contributed by atoms with Crippen LogP contribution in [0.4, 0.5) is 10.1 Å². The van der Waals surface area contributed by atoms with E-state index in [9.17, 15) is 13.4 Å². The van der Waals surface area contributed by atoms with E-state index in [4.69, 9.17) is 0 Å². The van der Waals surface area contributed by atoms with E-state index in [0.29, 0.717) is 20.7 Å². The number of nitrogens with zero attached hydrogens (tertiary/aromatic N) is 3. The monoisotopic (exact) mass is 421 g/mol. The van der Waals surface area contributed by atoms with E-state index in [-0.39, 0.29) is 24.0 Å². The smallest absolute Gasteiger partial charge is 0.240 e. The van der Waals surface area contributed by atoms with Crippen molar-refractivity contribution in [3.8, 4) is 0 Å². The van der Waals surface area contributed by atoms with E-state index in [1.807, 2.05) is 19.1 Å². The average molecular weight is 422 g/mol. The molecule has 0 spiro atoms. The molecule has 1 aliphatic heterocycles. The zero-order valence-electron chi connectivity index (χ0n) is 13.2. The van der Waals surface area contributed by atoms with Crippen LogP contribution >= 0.6 is 15.9 Å². The number of fused-ring (bicyclic) bond motifs is 2. The van der Waals surface area contributed by atoms with Gasteiger partial charge in [-0.2, -0.15) is 0 Å². The summed E-state index contributed by atoms with van der Waals surface area (Å²) in [5.41, 5.74) is 2.63. The van der Waals surface area contributed by atoms with E-state index in [2.05, 4.69) is 20.9 Å². The molecule has 0 saturated carbocycles. The maximum atomic E-state index is 13.8. The normalized spacial score (nSPS) is 17.2. The van der Waals surface area contributed by atoms with Gasteiger partial charge in [0.1, 0.15) is 17.2 Å². The van der Waals surface area contributed by atoms with Gasteiger partial charge >= 0.3 is 0 Å². The van der Waals surface area contributed by atoms with E-state index in [0.717, 1.165) is 11.4 Å². The topological polar surface area (TPSA) is 54.7 Å². The van der Waals surface area contributed by atoms with Crippen molar-refractivity contribution >= 4 is 44.0 Å². The van der Waals surface area contributed by atoms with Crippen LogP contribution in [0.3, 0.4) is 0 Å². The number of anilines is 1. The van der Waals surface area contributed by atoms with E-state index in [1.54, 1.807) is 27.6 Å². The highest BCUT2D eigenvalue weighted by Crippen LogP contribution is 2.31. The maximum absolute atomic E-state index is 13.8. The molecule has 1 aromatic carbocycles. The van der Waals surface area contributed by atoms with Gasteiger partial charge in [-0.1, -0.05) is 12.1 Å². The summed E-state index contributed by atoms with van der Waals surface area (Å²) in [5, 5.41) is 0. The van der Waals surface area contributed by atoms with Crippen molar-refractivity contribution in [2.24, 2.45) is 0 Å². The van der Waals surface area contributed by atoms with Crippen molar-refractivity contribution in [2.75, 3.05) is 10.7 Å². The lowest BCUT2D eigenvalue weighted by Crippen LogP contribution is -2.38. The van der Waals surface area contributed by atoms with Crippen LogP contribution in [0.1, 0.15) is 11.4 Å². The molecule has 0 aliphatic carbocycles. The zero-order chi connectivity index (χ0) is 17.7. The molecule has 0 radical (unpaired) electrons. The van der Waals surface area contributed by atoms with Crippen LogP contribution in [-0.4, -0.2) is 25.3 Å². The molecule has 0 fully saturated rings. The predicted molar refractivity (Wildman–Crippen MR) is 96.5 cm³/mol. The highest BCUT2D eigenvalue weighted by Gasteiger charge is 2.30. The van der Waals surface area contributed by atoms with Crippen LogP contribution in [-0.2, 0) is 22.1 Å². The summed E-state index contributed by atoms with van der Waals surface area (Å²) in [6, 6.07) is 8.54. The van der Waals surface area contributed by atoms with Gasteiger partial charge in [-0.3, -0.25) is 9.00 Å². The number of benzene rings is 1. The number of hydrogen-bond donors (Lipinski definition) is 0. The molecule has 25 heavy (non-hydrogen) atoms. The van der Waals surface area contributed by atoms with Crippen LogP contribution in [0, 0.1) is 12.7 Å². The van der Waals surface area contributed by atoms with E-state index < -0.39 is 10.8 Å². The van der Waals surface area contributed by atoms with Gasteiger partial charge < -0.3 is 9.30 Å². The minimum Gasteiger partial charge on any atom is -0.304 e. The summed E-state index contributed by atoms with van der Waals surface area (Å²) in [6.45, 7) is 2.10. The lowest BCUT2D eigenvalue weighted by molar-refractivity contribution is -0.116. The average Bonchev–Trinajstić information content (AvgIpc) is 2.86. The molecule has 128 valence electrons. The molecule has 5 nitrogen and oxygen atoms in total. The van der Waals surface area contributed by atoms with Crippen LogP contribution in [0.5, 0.6) is 0 Å². The summed E-state index contributed by atoms with van der Waals surface area (Å²) in [7, 11) is -1.32. The second-order valence-corrected chi connectivity index (χ2v) is 8.05. The van der Waals surface area contributed by atoms with Crippen LogP contribution < -0.4 is 4.90 Å². The third-order valence-corrected chi connectivity index (χ3v) is 6.16. The van der Waals surface area contributed by atoms with Gasteiger partial charge in [0.15, 0.2) is 0 Å². The second-order valence-electron chi connectivity index (χ2n) is 5.78. The number of rotatable bonds is 2. The largest absolute Gasteiger partial charge is 0.304 e. The number of imidazole rings is 1. The molecular weight excluding hydrogens is 409 g/mol. The van der Waals surface area contributed by atoms with Crippen molar-refractivity contribution in [1.29, 1.82) is 0 Å². The number of aromatic nitrogens is 2. The van der Waals surface area contributed by atoms with E-state index in [1.165, 1.54) is 6.07 Å². The van der Waals surface area contributed by atoms with Gasteiger partial charge in [0.05, 0.1) is 43.8 Å². The Labute approximate surface area is 154 Å². The van der Waals surface area contributed by atoms with E-state index >= 15 is 0 Å². The summed E-state index contributed by atoms with van der Waals surface area (Å²) in [6.07, 6.45) is 1.61. The number of carbonyl (C=O) groups excluding carboxylic acids is 1. The Morgan fingerprint density at radius 1 is 1.36 bits per heavy atom. The molecule has 0 N–H and O–H groups in total. The lowest BCUT2D eigenvalue weighted by Gasteiger charge is -2.28. The van der Waals surface area contributed by atoms with Gasteiger partial charge in [-0.05, 0) is 35.0 Å². The van der Waals surface area contributed by atoms with Crippen LogP contribution in [0.25, 0.3) is 5.65 Å². The van der Waals surface area contributed by atoms with Gasteiger partial charge in [0.25, 0.3) is 0 Å². The fourth-order valence-electron chi connectivity index (χ4n) is 2.99. The molecule has 0 bridgehead atoms. The Hall–Kier alpha value is -2.06. The van der Waals surface area contributed by atoms with Crippen molar-refractivity contribution in [2.45, 2.75) is 18.4 Å². The number of amides is 1. The third-order valence-electron chi connectivity index (χ3n) is 4.23. The molecule has 1 aliphatic rings. The highest BCUT2D eigenvalue weighted by molar-refractivity contribution is 9.10. The third kappa shape index (κ3) is 2.69. The SMILES string of the molecule is Cc1nc2cc(F)c(Br)cn2c1CN1C(=O)CS(=O)c2ccccc21. The fraction of sp³-hybridized carbons (Fsp3) is 0.176. The van der Waals surface area contributed by atoms with Gasteiger partial charge in [0.2, 0.25) is 5.91 Å². The summed E-state index contributed by atoms with van der Waals surface area (Å²) in [4.78, 5) is 19.1. The molecule has 3 heterocycles. The first-order valence-electron chi connectivity index (χ1n) is 7.56. The second kappa shape index (κ2) is 6.03. The molecule has 3 aromatic rings.